The van der Waals surface area contributed by atoms with Crippen LogP contribution in [0.25, 0.3) is 33.6 Å². The smallest absolute Gasteiger partial charge is 0.254 e. The van der Waals surface area contributed by atoms with E-state index in [4.69, 9.17) is 25.2 Å². The van der Waals surface area contributed by atoms with Crippen molar-refractivity contribution in [2.24, 2.45) is 17.6 Å². The molecule has 1 amide bonds. The number of hydrogen-bond acceptors (Lipinski definition) is 7. The molecule has 4 aromatic rings. The van der Waals surface area contributed by atoms with Gasteiger partial charge in [0.15, 0.2) is 5.82 Å². The summed E-state index contributed by atoms with van der Waals surface area (Å²) in [4.78, 5) is 25.6. The van der Waals surface area contributed by atoms with E-state index in [1.807, 2.05) is 29.2 Å². The summed E-state index contributed by atoms with van der Waals surface area (Å²) in [6.45, 7) is 2.02. The maximum atomic E-state index is 13.7. The van der Waals surface area contributed by atoms with E-state index in [9.17, 15) is 9.00 Å². The van der Waals surface area contributed by atoms with Crippen molar-refractivity contribution in [3.05, 3.63) is 35.9 Å². The van der Waals surface area contributed by atoms with Crippen LogP contribution in [0.3, 0.4) is 0 Å². The number of methoxy groups -OCH3 is 2. The lowest BCUT2D eigenvalue weighted by atomic mass is 10.1. The summed E-state index contributed by atoms with van der Waals surface area (Å²) in [6.07, 6.45) is 6.13. The molecule has 4 heterocycles. The van der Waals surface area contributed by atoms with Gasteiger partial charge in [0.2, 0.25) is 5.88 Å². The maximum Gasteiger partial charge on any atom is 0.254 e. The van der Waals surface area contributed by atoms with Crippen molar-refractivity contribution in [3.63, 3.8) is 0 Å². The average Bonchev–Trinajstić information content (AvgIpc) is 3.33. The lowest BCUT2D eigenvalue weighted by Crippen LogP contribution is -2.41. The van der Waals surface area contributed by atoms with E-state index in [2.05, 4.69) is 15.2 Å². The van der Waals surface area contributed by atoms with Crippen molar-refractivity contribution in [3.8, 4) is 23.1 Å². The summed E-state index contributed by atoms with van der Waals surface area (Å²) in [7, 11) is 2.24. The van der Waals surface area contributed by atoms with E-state index in [-0.39, 0.29) is 18.0 Å². The summed E-state index contributed by atoms with van der Waals surface area (Å²) in [5.74, 6) is 3.28. The molecule has 11 heteroatoms. The topological polar surface area (TPSA) is 118 Å². The first-order valence-electron chi connectivity index (χ1n) is 14.4. The summed E-state index contributed by atoms with van der Waals surface area (Å²) in [6, 6.07) is 9.83. The van der Waals surface area contributed by atoms with Gasteiger partial charge in [-0.15, -0.1) is 0 Å². The third-order valence-electron chi connectivity index (χ3n) is 9.08. The number of fused-ring (bicyclic) bond motifs is 4. The molecule has 1 saturated heterocycles. The number of carbonyl (C=O) groups excluding carboxylic acids is 1. The lowest BCUT2D eigenvalue weighted by molar-refractivity contribution is 0.0700. The zero-order valence-corrected chi connectivity index (χ0v) is 24.5. The molecule has 0 spiro atoms. The number of benzene rings is 1. The van der Waals surface area contributed by atoms with Crippen LogP contribution in [0.2, 0.25) is 0 Å². The molecule has 0 radical (unpaired) electrons. The SMILES string of the molecule is COc1ccc2cc(-c3nc4cc(C(=O)N5C[C@H]6CC[C@@H]5[C@@H]6N)cc(OC)c4n3CC[S@@](C)=O)n(CC3CC3)c2n1. The van der Waals surface area contributed by atoms with Crippen LogP contribution in [0.5, 0.6) is 11.6 Å². The van der Waals surface area contributed by atoms with E-state index < -0.39 is 10.8 Å². The second kappa shape index (κ2) is 10.1. The van der Waals surface area contributed by atoms with Gasteiger partial charge in [-0.3, -0.25) is 9.00 Å². The van der Waals surface area contributed by atoms with Crippen molar-refractivity contribution in [2.75, 3.05) is 32.8 Å². The Kier molecular flexibility index (Phi) is 6.54. The van der Waals surface area contributed by atoms with E-state index in [0.717, 1.165) is 47.5 Å². The van der Waals surface area contributed by atoms with Crippen molar-refractivity contribution in [1.29, 1.82) is 0 Å². The third-order valence-corrected chi connectivity index (χ3v) is 9.84. The predicted octanol–water partition coefficient (Wildman–Crippen LogP) is 3.42. The fourth-order valence-electron chi connectivity index (χ4n) is 6.74. The molecule has 3 fully saturated rings. The van der Waals surface area contributed by atoms with Crippen molar-refractivity contribution in [1.82, 2.24) is 24.0 Å². The number of aromatic nitrogens is 4. The molecule has 1 aliphatic heterocycles. The molecular weight excluding hydrogens is 540 g/mol. The minimum atomic E-state index is -1.01. The second-order valence-corrected chi connectivity index (χ2v) is 13.3. The molecule has 41 heavy (non-hydrogen) atoms. The van der Waals surface area contributed by atoms with Crippen molar-refractivity contribution >= 4 is 38.8 Å². The number of imidazole rings is 1. The van der Waals surface area contributed by atoms with E-state index in [1.54, 1.807) is 20.5 Å². The Hall–Kier alpha value is -3.44. The van der Waals surface area contributed by atoms with Gasteiger partial charge in [-0.2, -0.15) is 4.98 Å². The van der Waals surface area contributed by atoms with E-state index in [1.165, 1.54) is 12.8 Å². The van der Waals surface area contributed by atoms with Gasteiger partial charge in [0, 0.05) is 71.5 Å². The number of piperidine rings is 1. The normalized spacial score (nSPS) is 22.6. The molecular formula is C30H36N6O4S. The fraction of sp³-hybridized carbons (Fsp3) is 0.500. The number of aryl methyl sites for hydroxylation is 1. The Morgan fingerprint density at radius 1 is 1.07 bits per heavy atom. The van der Waals surface area contributed by atoms with Gasteiger partial charge in [0.05, 0.1) is 25.4 Å². The highest BCUT2D eigenvalue weighted by molar-refractivity contribution is 7.84. The van der Waals surface area contributed by atoms with Gasteiger partial charge in [-0.05, 0) is 61.8 Å². The zero-order chi connectivity index (χ0) is 28.4. The third kappa shape index (κ3) is 4.50. The molecule has 3 aliphatic rings. The van der Waals surface area contributed by atoms with Crippen molar-refractivity contribution < 1.29 is 18.5 Å². The van der Waals surface area contributed by atoms with Crippen LogP contribution < -0.4 is 15.2 Å². The minimum absolute atomic E-state index is 0.0299. The van der Waals surface area contributed by atoms with Crippen molar-refractivity contribution in [2.45, 2.75) is 50.9 Å². The van der Waals surface area contributed by atoms with Crippen LogP contribution in [0.1, 0.15) is 36.0 Å². The zero-order valence-electron chi connectivity index (χ0n) is 23.7. The summed E-state index contributed by atoms with van der Waals surface area (Å²) >= 11 is 0. The Balaban J connectivity index is 1.39. The number of nitrogens with two attached hydrogens (primary N) is 1. The standard InChI is InChI=1S/C30H36N6O4S/c1-39-24-14-20(30(37)36-16-19-6-8-22(36)26(19)31)12-21-27(24)34(10-11-41(3)38)29(32-21)23-13-18-7-9-25(40-2)33-28(18)35(23)15-17-4-5-17/h7,9,12-14,17,19,22,26H,4-6,8,10-11,15-16,31H2,1-3H3/t19-,22-,26-,41-/m1/s1. The highest BCUT2D eigenvalue weighted by atomic mass is 32.2. The summed E-state index contributed by atoms with van der Waals surface area (Å²) < 4.78 is 27.9. The molecule has 4 atom stereocenters. The number of hydrogen-bond donors (Lipinski definition) is 1. The Bertz CT molecular complexity index is 1690. The summed E-state index contributed by atoms with van der Waals surface area (Å²) in [5.41, 5.74) is 10.2. The molecule has 1 aromatic carbocycles. The van der Waals surface area contributed by atoms with Gasteiger partial charge in [0.1, 0.15) is 16.9 Å². The number of rotatable bonds is 9. The number of amides is 1. The van der Waals surface area contributed by atoms with Gasteiger partial charge >= 0.3 is 0 Å². The van der Waals surface area contributed by atoms with Crippen LogP contribution in [0, 0.1) is 11.8 Å². The van der Waals surface area contributed by atoms with E-state index in [0.29, 0.717) is 53.4 Å². The van der Waals surface area contributed by atoms with E-state index >= 15 is 0 Å². The van der Waals surface area contributed by atoms with Gasteiger partial charge in [-0.25, -0.2) is 4.98 Å². The van der Waals surface area contributed by atoms with Crippen LogP contribution in [0.4, 0.5) is 0 Å². The monoisotopic (exact) mass is 576 g/mol. The second-order valence-electron chi connectivity index (χ2n) is 11.7. The first-order valence-corrected chi connectivity index (χ1v) is 16.1. The number of carbonyl (C=O) groups is 1. The van der Waals surface area contributed by atoms with Gasteiger partial charge < -0.3 is 29.2 Å². The Labute approximate surface area is 241 Å². The molecule has 2 N–H and O–H groups in total. The van der Waals surface area contributed by atoms with Gasteiger partial charge in [-0.1, -0.05) is 0 Å². The Morgan fingerprint density at radius 3 is 2.56 bits per heavy atom. The molecule has 0 unspecified atom stereocenters. The number of likely N-dealkylation sites (tertiary alicyclic amines) is 1. The largest absolute Gasteiger partial charge is 0.494 e. The van der Waals surface area contributed by atoms with Gasteiger partial charge in [0.25, 0.3) is 5.91 Å². The fourth-order valence-corrected chi connectivity index (χ4v) is 7.18. The van der Waals surface area contributed by atoms with Crippen LogP contribution in [-0.2, 0) is 23.9 Å². The van der Waals surface area contributed by atoms with Crippen LogP contribution >= 0.6 is 0 Å². The highest BCUT2D eigenvalue weighted by Gasteiger charge is 2.47. The average molecular weight is 577 g/mol. The highest BCUT2D eigenvalue weighted by Crippen LogP contribution is 2.40. The molecule has 7 rings (SSSR count). The quantitative estimate of drug-likeness (QED) is 0.324. The van der Waals surface area contributed by atoms with Crippen LogP contribution in [0.15, 0.2) is 30.3 Å². The first-order chi connectivity index (χ1) is 19.9. The minimum Gasteiger partial charge on any atom is -0.494 e. The predicted molar refractivity (Wildman–Crippen MR) is 159 cm³/mol. The summed E-state index contributed by atoms with van der Waals surface area (Å²) in [5, 5.41) is 1.00. The maximum absolute atomic E-state index is 13.7. The molecule has 2 saturated carbocycles. The van der Waals surface area contributed by atoms with Crippen LogP contribution in [-0.4, -0.2) is 79.0 Å². The molecule has 216 valence electrons. The number of pyridine rings is 1. The number of nitrogens with zero attached hydrogens (tertiary/aromatic N) is 5. The lowest BCUT2D eigenvalue weighted by Gasteiger charge is -2.27. The Morgan fingerprint density at radius 2 is 1.90 bits per heavy atom. The first kappa shape index (κ1) is 26.5. The molecule has 10 nitrogen and oxygen atoms in total. The molecule has 3 aromatic heterocycles. The molecule has 2 aliphatic carbocycles. The molecule has 2 bridgehead atoms. The number of ether oxygens (including phenoxy) is 2.